The van der Waals surface area contributed by atoms with Gasteiger partial charge in [0.15, 0.2) is 0 Å². The van der Waals surface area contributed by atoms with Crippen LogP contribution in [0, 0.1) is 0 Å². The molecule has 3 rings (SSSR count). The molecule has 0 amide bonds. The van der Waals surface area contributed by atoms with Crippen molar-refractivity contribution >= 4 is 11.6 Å². The van der Waals surface area contributed by atoms with Crippen LogP contribution in [0.3, 0.4) is 0 Å². The van der Waals surface area contributed by atoms with Crippen LogP contribution in [-0.4, -0.2) is 13.6 Å². The summed E-state index contributed by atoms with van der Waals surface area (Å²) in [6.07, 6.45) is 1.99. The Balaban J connectivity index is 2.12. The number of hydrogen-bond donors (Lipinski definition) is 1. The molecule has 3 heteroatoms. The first-order valence-corrected chi connectivity index (χ1v) is 8.58. The van der Waals surface area contributed by atoms with Crippen LogP contribution in [-0.2, 0) is 15.9 Å². The van der Waals surface area contributed by atoms with E-state index >= 15 is 0 Å². The van der Waals surface area contributed by atoms with Gasteiger partial charge in [-0.2, -0.15) is 0 Å². The van der Waals surface area contributed by atoms with Gasteiger partial charge in [-0.25, -0.2) is 0 Å². The molecule has 2 nitrogen and oxygen atoms in total. The number of ether oxygens (including phenoxy) is 1. The second-order valence-corrected chi connectivity index (χ2v) is 7.14. The summed E-state index contributed by atoms with van der Waals surface area (Å²) in [4.78, 5) is 0. The van der Waals surface area contributed by atoms with E-state index in [1.165, 1.54) is 16.7 Å². The average Bonchev–Trinajstić information content (AvgIpc) is 2.77. The molecule has 0 aromatic heterocycles. The Hall–Kier alpha value is -1.35. The molecule has 1 N–H and O–H groups in total. The monoisotopic (exact) mass is 329 g/mol. The van der Waals surface area contributed by atoms with Gasteiger partial charge in [0.25, 0.3) is 0 Å². The molecule has 0 unspecified atom stereocenters. The molecule has 1 heterocycles. The molecule has 0 saturated carbocycles. The quantitative estimate of drug-likeness (QED) is 0.792. The van der Waals surface area contributed by atoms with E-state index in [0.717, 1.165) is 24.4 Å². The van der Waals surface area contributed by atoms with Gasteiger partial charge >= 0.3 is 0 Å². The lowest BCUT2D eigenvalue weighted by atomic mass is 9.81. The fourth-order valence-electron chi connectivity index (χ4n) is 3.68. The zero-order valence-corrected chi connectivity index (χ0v) is 14.8. The first-order chi connectivity index (χ1) is 11.0. The summed E-state index contributed by atoms with van der Waals surface area (Å²) < 4.78 is 6.71. The highest BCUT2D eigenvalue weighted by Crippen LogP contribution is 2.52. The molecule has 1 aliphatic heterocycles. The average molecular weight is 330 g/mol. The van der Waals surface area contributed by atoms with Crippen LogP contribution >= 0.6 is 11.6 Å². The summed E-state index contributed by atoms with van der Waals surface area (Å²) >= 11 is 6.10. The van der Waals surface area contributed by atoms with Crippen LogP contribution in [0.1, 0.15) is 43.4 Å². The molecule has 122 valence electrons. The molecule has 0 fully saturated rings. The highest BCUT2D eigenvalue weighted by Gasteiger charge is 2.49. The Bertz CT molecular complexity index is 680. The van der Waals surface area contributed by atoms with E-state index in [4.69, 9.17) is 16.3 Å². The van der Waals surface area contributed by atoms with Crippen LogP contribution in [0.15, 0.2) is 48.5 Å². The predicted octanol–water partition coefficient (Wildman–Crippen LogP) is 4.85. The van der Waals surface area contributed by atoms with Crippen LogP contribution < -0.4 is 5.32 Å². The minimum Gasteiger partial charge on any atom is -0.355 e. The van der Waals surface area contributed by atoms with Gasteiger partial charge in [0.2, 0.25) is 0 Å². The molecule has 1 atom stereocenters. The Morgan fingerprint density at radius 2 is 1.65 bits per heavy atom. The number of rotatable bonds is 5. The van der Waals surface area contributed by atoms with E-state index in [-0.39, 0.29) is 5.60 Å². The Morgan fingerprint density at radius 3 is 2.30 bits per heavy atom. The highest BCUT2D eigenvalue weighted by atomic mass is 35.5. The molecule has 1 aliphatic rings. The van der Waals surface area contributed by atoms with Gasteiger partial charge in [0, 0.05) is 5.02 Å². The topological polar surface area (TPSA) is 21.3 Å². The van der Waals surface area contributed by atoms with Crippen molar-refractivity contribution in [2.45, 2.75) is 37.9 Å². The van der Waals surface area contributed by atoms with Gasteiger partial charge in [-0.3, -0.25) is 0 Å². The third kappa shape index (κ3) is 2.91. The zero-order valence-electron chi connectivity index (χ0n) is 14.0. The van der Waals surface area contributed by atoms with Crippen molar-refractivity contribution in [2.24, 2.45) is 0 Å². The minimum atomic E-state index is -0.401. The minimum absolute atomic E-state index is 0.296. The fraction of sp³-hybridized carbons (Fsp3) is 0.400. The van der Waals surface area contributed by atoms with E-state index in [2.05, 4.69) is 55.6 Å². The van der Waals surface area contributed by atoms with Crippen molar-refractivity contribution in [3.63, 3.8) is 0 Å². The molecule has 0 saturated heterocycles. The molecule has 0 spiro atoms. The molecular formula is C20H24ClNO. The summed E-state index contributed by atoms with van der Waals surface area (Å²) in [6, 6.07) is 16.7. The number of nitrogens with one attached hydrogen (secondary N) is 1. The molecule has 0 bridgehead atoms. The van der Waals surface area contributed by atoms with Crippen molar-refractivity contribution in [1.82, 2.24) is 5.32 Å². The van der Waals surface area contributed by atoms with Crippen molar-refractivity contribution in [3.8, 4) is 0 Å². The van der Waals surface area contributed by atoms with Crippen molar-refractivity contribution in [3.05, 3.63) is 70.2 Å². The maximum absolute atomic E-state index is 6.71. The number of halogens is 1. The lowest BCUT2D eigenvalue weighted by molar-refractivity contribution is -0.107. The Morgan fingerprint density at radius 1 is 1.00 bits per heavy atom. The van der Waals surface area contributed by atoms with Crippen molar-refractivity contribution in [2.75, 3.05) is 13.6 Å². The largest absolute Gasteiger partial charge is 0.355 e. The number of hydrogen-bond acceptors (Lipinski definition) is 2. The zero-order chi connectivity index (χ0) is 16.5. The maximum atomic E-state index is 6.71. The first kappa shape index (κ1) is 16.5. The van der Waals surface area contributed by atoms with Gasteiger partial charge in [0.1, 0.15) is 5.60 Å². The summed E-state index contributed by atoms with van der Waals surface area (Å²) in [7, 11) is 1.99. The van der Waals surface area contributed by atoms with Crippen LogP contribution in [0.2, 0.25) is 5.02 Å². The molecular weight excluding hydrogens is 306 g/mol. The normalized spacial score (nSPS) is 22.1. The lowest BCUT2D eigenvalue weighted by Crippen LogP contribution is -2.31. The molecule has 2 aromatic rings. The predicted molar refractivity (Wildman–Crippen MR) is 95.9 cm³/mol. The second-order valence-electron chi connectivity index (χ2n) is 6.70. The third-order valence-electron chi connectivity index (χ3n) is 4.71. The van der Waals surface area contributed by atoms with Gasteiger partial charge < -0.3 is 10.1 Å². The number of fused-ring (bicyclic) bond motifs is 1. The van der Waals surface area contributed by atoms with Crippen molar-refractivity contribution < 1.29 is 4.74 Å². The lowest BCUT2D eigenvalue weighted by Gasteiger charge is -2.33. The summed E-state index contributed by atoms with van der Waals surface area (Å²) in [5.41, 5.74) is 3.04. The maximum Gasteiger partial charge on any atom is 0.120 e. The Labute approximate surface area is 143 Å². The van der Waals surface area contributed by atoms with Crippen LogP contribution in [0.5, 0.6) is 0 Å². The van der Waals surface area contributed by atoms with Crippen LogP contribution in [0.25, 0.3) is 0 Å². The van der Waals surface area contributed by atoms with Gasteiger partial charge in [-0.15, -0.1) is 0 Å². The SMILES string of the molecule is CNCCC[C@]1(c2ccc(Cl)cc2)OC(C)(C)c2ccccc21. The van der Waals surface area contributed by atoms with E-state index < -0.39 is 5.60 Å². The van der Waals surface area contributed by atoms with Crippen molar-refractivity contribution in [1.29, 1.82) is 0 Å². The number of benzene rings is 2. The van der Waals surface area contributed by atoms with Gasteiger partial charge in [-0.05, 0) is 69.1 Å². The van der Waals surface area contributed by atoms with Gasteiger partial charge in [-0.1, -0.05) is 48.0 Å². The van der Waals surface area contributed by atoms with E-state index in [1.807, 2.05) is 19.2 Å². The van der Waals surface area contributed by atoms with Gasteiger partial charge in [0.05, 0.1) is 5.60 Å². The highest BCUT2D eigenvalue weighted by molar-refractivity contribution is 6.30. The molecule has 0 aliphatic carbocycles. The van der Waals surface area contributed by atoms with E-state index in [9.17, 15) is 0 Å². The van der Waals surface area contributed by atoms with Crippen LogP contribution in [0.4, 0.5) is 0 Å². The standard InChI is InChI=1S/C20H24ClNO/c1-19(2)17-7-4-5-8-18(17)20(23-19,13-6-14-22-3)15-9-11-16(21)12-10-15/h4-5,7-12,22H,6,13-14H2,1-3H3/t20-/m1/s1. The van der Waals surface area contributed by atoms with E-state index in [0.29, 0.717) is 0 Å². The summed E-state index contributed by atoms with van der Waals surface area (Å²) in [6.45, 7) is 5.28. The first-order valence-electron chi connectivity index (χ1n) is 8.20. The third-order valence-corrected chi connectivity index (χ3v) is 4.96. The molecule has 0 radical (unpaired) electrons. The smallest absolute Gasteiger partial charge is 0.120 e. The molecule has 2 aromatic carbocycles. The Kier molecular flexibility index (Phi) is 4.50. The summed E-state index contributed by atoms with van der Waals surface area (Å²) in [5, 5.41) is 3.99. The van der Waals surface area contributed by atoms with E-state index in [1.54, 1.807) is 0 Å². The summed E-state index contributed by atoms with van der Waals surface area (Å²) in [5.74, 6) is 0. The second kappa shape index (κ2) is 6.27. The molecule has 23 heavy (non-hydrogen) atoms. The fourth-order valence-corrected chi connectivity index (χ4v) is 3.81.